The minimum atomic E-state index is -4.43. The summed E-state index contributed by atoms with van der Waals surface area (Å²) in [4.78, 5) is 2.73. The zero-order chi connectivity index (χ0) is 13.5. The number of aryl methyl sites for hydroxylation is 1. The lowest BCUT2D eigenvalue weighted by Gasteiger charge is -2.15. The van der Waals surface area contributed by atoms with Crippen LogP contribution in [0.4, 0.5) is 13.2 Å². The number of nitrogens with one attached hydrogen (secondary N) is 1. The van der Waals surface area contributed by atoms with E-state index in [4.69, 9.17) is 12.2 Å². The molecule has 0 unspecified atom stereocenters. The highest BCUT2D eigenvalue weighted by atomic mass is 79.9. The van der Waals surface area contributed by atoms with Crippen molar-refractivity contribution in [2.24, 2.45) is 0 Å². The van der Waals surface area contributed by atoms with Crippen LogP contribution in [-0.4, -0.2) is 9.55 Å². The summed E-state index contributed by atoms with van der Waals surface area (Å²) < 4.78 is 41.0. The lowest BCUT2D eigenvalue weighted by Crippen LogP contribution is -2.11. The Balaban J connectivity index is 2.77. The van der Waals surface area contributed by atoms with Gasteiger partial charge in [-0.1, -0.05) is 15.9 Å². The fourth-order valence-corrected chi connectivity index (χ4v) is 2.35. The van der Waals surface area contributed by atoms with Gasteiger partial charge in [0.1, 0.15) is 0 Å². The van der Waals surface area contributed by atoms with E-state index in [-0.39, 0.29) is 10.5 Å². The maximum absolute atomic E-state index is 13.0. The first-order valence-corrected chi connectivity index (χ1v) is 6.15. The Morgan fingerprint density at radius 1 is 1.33 bits per heavy atom. The van der Waals surface area contributed by atoms with Crippen molar-refractivity contribution in [3.63, 3.8) is 0 Å². The first kappa shape index (κ1) is 13.4. The third kappa shape index (κ3) is 2.37. The van der Waals surface area contributed by atoms with Crippen molar-refractivity contribution in [3.05, 3.63) is 44.9 Å². The van der Waals surface area contributed by atoms with Crippen molar-refractivity contribution in [1.82, 2.24) is 9.55 Å². The van der Waals surface area contributed by atoms with Crippen LogP contribution in [0.1, 0.15) is 11.3 Å². The lowest BCUT2D eigenvalue weighted by molar-refractivity contribution is -0.137. The van der Waals surface area contributed by atoms with Crippen LogP contribution in [0, 0.1) is 11.7 Å². The van der Waals surface area contributed by atoms with Gasteiger partial charge in [0.25, 0.3) is 0 Å². The maximum Gasteiger partial charge on any atom is 0.418 e. The Kier molecular flexibility index (Phi) is 3.37. The molecule has 0 saturated heterocycles. The number of hydrogen-bond donors (Lipinski definition) is 1. The summed E-state index contributed by atoms with van der Waals surface area (Å²) in [6.45, 7) is 1.69. The lowest BCUT2D eigenvalue weighted by atomic mass is 10.1. The number of halogens is 4. The largest absolute Gasteiger partial charge is 0.418 e. The van der Waals surface area contributed by atoms with Gasteiger partial charge < -0.3 is 4.98 Å². The van der Waals surface area contributed by atoms with Crippen molar-refractivity contribution in [2.45, 2.75) is 13.1 Å². The molecule has 0 aliphatic rings. The number of alkyl halides is 3. The zero-order valence-electron chi connectivity index (χ0n) is 9.18. The molecule has 1 aromatic heterocycles. The number of hydrogen-bond acceptors (Lipinski definition) is 1. The highest BCUT2D eigenvalue weighted by Gasteiger charge is 2.34. The van der Waals surface area contributed by atoms with Crippen LogP contribution in [0.25, 0.3) is 5.69 Å². The monoisotopic (exact) mass is 336 g/mol. The normalized spacial score (nSPS) is 11.8. The first-order valence-electron chi connectivity index (χ1n) is 4.95. The van der Waals surface area contributed by atoms with Crippen molar-refractivity contribution in [2.75, 3.05) is 0 Å². The molecule has 0 fully saturated rings. The summed E-state index contributed by atoms with van der Waals surface area (Å²) in [7, 11) is 0. The van der Waals surface area contributed by atoms with Gasteiger partial charge in [-0.05, 0) is 37.3 Å². The molecule has 96 valence electrons. The number of H-pyrrole nitrogens is 1. The van der Waals surface area contributed by atoms with Gasteiger partial charge in [-0.2, -0.15) is 13.2 Å². The van der Waals surface area contributed by atoms with Gasteiger partial charge in [-0.25, -0.2) is 0 Å². The molecule has 1 N–H and O–H groups in total. The zero-order valence-corrected chi connectivity index (χ0v) is 11.6. The molecule has 0 saturated carbocycles. The molecule has 0 spiro atoms. The van der Waals surface area contributed by atoms with Gasteiger partial charge >= 0.3 is 6.18 Å². The van der Waals surface area contributed by atoms with E-state index in [1.807, 2.05) is 0 Å². The minimum Gasteiger partial charge on any atom is -0.337 e. The Bertz CT molecular complexity index is 642. The van der Waals surface area contributed by atoms with Gasteiger partial charge in [0, 0.05) is 16.4 Å². The molecule has 0 radical (unpaired) electrons. The predicted molar refractivity (Wildman–Crippen MR) is 68.4 cm³/mol. The summed E-state index contributed by atoms with van der Waals surface area (Å²) in [5.41, 5.74) is -0.0852. The number of nitrogens with zero attached hydrogens (tertiary/aromatic N) is 1. The number of aromatic nitrogens is 2. The standard InChI is InChI=1S/C11H8BrF3N2S/c1-6-5-16-10(18)17(6)9-3-2-7(12)4-8(9)11(13,14)15/h2-5H,1H3,(H,16,18). The van der Waals surface area contributed by atoms with Crippen LogP contribution >= 0.6 is 28.1 Å². The average Bonchev–Trinajstić information content (AvgIpc) is 2.58. The molecular weight excluding hydrogens is 329 g/mol. The maximum atomic E-state index is 13.0. The molecule has 7 heteroatoms. The highest BCUT2D eigenvalue weighted by molar-refractivity contribution is 9.10. The second-order valence-corrected chi connectivity index (χ2v) is 5.03. The molecular formula is C11H8BrF3N2S. The van der Waals surface area contributed by atoms with Crippen LogP contribution in [0.5, 0.6) is 0 Å². The molecule has 2 aromatic rings. The summed E-state index contributed by atoms with van der Waals surface area (Å²) in [6.07, 6.45) is -2.86. The molecule has 0 amide bonds. The molecule has 0 atom stereocenters. The number of rotatable bonds is 1. The third-order valence-corrected chi connectivity index (χ3v) is 3.26. The molecule has 2 nitrogen and oxygen atoms in total. The molecule has 0 aliphatic heterocycles. The van der Waals surface area contributed by atoms with Crippen LogP contribution < -0.4 is 0 Å². The van der Waals surface area contributed by atoms with E-state index in [0.29, 0.717) is 10.2 Å². The Hall–Kier alpha value is -1.08. The van der Waals surface area contributed by atoms with Crippen molar-refractivity contribution < 1.29 is 13.2 Å². The molecule has 0 bridgehead atoms. The van der Waals surface area contributed by atoms with E-state index >= 15 is 0 Å². The molecule has 0 aliphatic carbocycles. The van der Waals surface area contributed by atoms with Gasteiger partial charge in [0.15, 0.2) is 4.77 Å². The minimum absolute atomic E-state index is 0.0226. The van der Waals surface area contributed by atoms with Crippen molar-refractivity contribution in [1.29, 1.82) is 0 Å². The Morgan fingerprint density at radius 2 is 2.00 bits per heavy atom. The van der Waals surface area contributed by atoms with E-state index in [0.717, 1.165) is 6.07 Å². The van der Waals surface area contributed by atoms with E-state index in [2.05, 4.69) is 20.9 Å². The van der Waals surface area contributed by atoms with E-state index in [1.54, 1.807) is 19.2 Å². The Labute approximate surface area is 115 Å². The molecule has 18 heavy (non-hydrogen) atoms. The summed E-state index contributed by atoms with van der Waals surface area (Å²) in [6, 6.07) is 3.99. The second kappa shape index (κ2) is 4.55. The number of aromatic amines is 1. The fourth-order valence-electron chi connectivity index (χ4n) is 1.69. The van der Waals surface area contributed by atoms with E-state index in [9.17, 15) is 13.2 Å². The number of benzene rings is 1. The topological polar surface area (TPSA) is 20.7 Å². The molecule has 2 rings (SSSR count). The second-order valence-electron chi connectivity index (χ2n) is 3.73. The van der Waals surface area contributed by atoms with Gasteiger partial charge in [0.2, 0.25) is 0 Å². The van der Waals surface area contributed by atoms with Crippen molar-refractivity contribution in [3.8, 4) is 5.69 Å². The van der Waals surface area contributed by atoms with Crippen LogP contribution in [0.15, 0.2) is 28.9 Å². The third-order valence-electron chi connectivity index (χ3n) is 2.47. The summed E-state index contributed by atoms with van der Waals surface area (Å²) in [5, 5.41) is 0. The highest BCUT2D eigenvalue weighted by Crippen LogP contribution is 2.36. The predicted octanol–water partition coefficient (Wildman–Crippen LogP) is 4.62. The van der Waals surface area contributed by atoms with E-state index in [1.165, 1.54) is 10.6 Å². The smallest absolute Gasteiger partial charge is 0.337 e. The molecule has 1 heterocycles. The molecule has 1 aromatic carbocycles. The summed E-state index contributed by atoms with van der Waals surface area (Å²) in [5.74, 6) is 0. The van der Waals surface area contributed by atoms with Crippen LogP contribution in [-0.2, 0) is 6.18 Å². The number of imidazole rings is 1. The first-order chi connectivity index (χ1) is 8.30. The van der Waals surface area contributed by atoms with Crippen LogP contribution in [0.3, 0.4) is 0 Å². The average molecular weight is 337 g/mol. The quantitative estimate of drug-likeness (QED) is 0.753. The van der Waals surface area contributed by atoms with Gasteiger partial charge in [-0.3, -0.25) is 4.57 Å². The van der Waals surface area contributed by atoms with Gasteiger partial charge in [0.05, 0.1) is 11.3 Å². The fraction of sp³-hybridized carbons (Fsp3) is 0.182. The van der Waals surface area contributed by atoms with Gasteiger partial charge in [-0.15, -0.1) is 0 Å². The SMILES string of the molecule is Cc1c[nH]c(=S)n1-c1ccc(Br)cc1C(F)(F)F. The summed E-state index contributed by atoms with van der Waals surface area (Å²) >= 11 is 8.04. The van der Waals surface area contributed by atoms with E-state index < -0.39 is 11.7 Å². The van der Waals surface area contributed by atoms with Crippen LogP contribution in [0.2, 0.25) is 0 Å². The van der Waals surface area contributed by atoms with Crippen molar-refractivity contribution >= 4 is 28.1 Å². The Morgan fingerprint density at radius 3 is 2.50 bits per heavy atom.